The minimum Gasteiger partial charge on any atom is -0.480 e. The number of ether oxygens (including phenoxy) is 1. The Bertz CT molecular complexity index is 303. The number of carboxylic acids is 1. The molecule has 4 nitrogen and oxygen atoms in total. The summed E-state index contributed by atoms with van der Waals surface area (Å²) in [6, 6.07) is 0.267. The molecule has 4 heteroatoms. The van der Waals surface area contributed by atoms with Crippen molar-refractivity contribution in [2.24, 2.45) is 0 Å². The molecule has 1 aliphatic heterocycles. The van der Waals surface area contributed by atoms with E-state index in [1.54, 1.807) is 13.8 Å². The van der Waals surface area contributed by atoms with Crippen LogP contribution in [0.1, 0.15) is 58.8 Å². The molecule has 2 aliphatic rings. The Balaban J connectivity index is 1.96. The van der Waals surface area contributed by atoms with Crippen LogP contribution < -0.4 is 5.32 Å². The average Bonchev–Trinajstić information content (AvgIpc) is 2.29. The summed E-state index contributed by atoms with van der Waals surface area (Å²) < 4.78 is 6.02. The molecule has 1 saturated carbocycles. The third-order valence-corrected chi connectivity index (χ3v) is 4.36. The van der Waals surface area contributed by atoms with Crippen molar-refractivity contribution in [2.45, 2.75) is 76.0 Å². The third kappa shape index (κ3) is 3.04. The molecule has 1 unspecified atom stereocenters. The summed E-state index contributed by atoms with van der Waals surface area (Å²) in [5.74, 6) is -0.785. The summed E-state index contributed by atoms with van der Waals surface area (Å²) >= 11 is 0. The van der Waals surface area contributed by atoms with Crippen LogP contribution in [0.5, 0.6) is 0 Å². The van der Waals surface area contributed by atoms with Gasteiger partial charge in [-0.1, -0.05) is 19.3 Å². The molecule has 0 bridgehead atoms. The smallest absolute Gasteiger partial charge is 0.323 e. The second kappa shape index (κ2) is 5.17. The predicted octanol–water partition coefficient (Wildman–Crippen LogP) is 2.32. The lowest BCUT2D eigenvalue weighted by Crippen LogP contribution is -2.56. The highest BCUT2D eigenvalue weighted by Gasteiger charge is 2.40. The van der Waals surface area contributed by atoms with Crippen LogP contribution in [0.4, 0.5) is 0 Å². The fraction of sp³-hybridized carbons (Fsp3) is 0.929. The molecule has 0 aromatic carbocycles. The quantitative estimate of drug-likeness (QED) is 0.812. The fourth-order valence-corrected chi connectivity index (χ4v) is 3.27. The normalized spacial score (nSPS) is 28.2. The Morgan fingerprint density at radius 3 is 2.61 bits per heavy atom. The number of hydrogen-bond acceptors (Lipinski definition) is 3. The maximum Gasteiger partial charge on any atom is 0.323 e. The van der Waals surface area contributed by atoms with E-state index in [2.05, 4.69) is 5.32 Å². The number of hydrogen-bond donors (Lipinski definition) is 2. The van der Waals surface area contributed by atoms with Gasteiger partial charge in [-0.05, 0) is 39.5 Å². The average molecular weight is 255 g/mol. The molecule has 0 radical (unpaired) electrons. The number of carboxylic acid groups (broad SMARTS) is 1. The molecule has 1 saturated heterocycles. The van der Waals surface area contributed by atoms with Gasteiger partial charge in [0.1, 0.15) is 5.54 Å². The first-order chi connectivity index (χ1) is 8.44. The van der Waals surface area contributed by atoms with Crippen LogP contribution in [0.3, 0.4) is 0 Å². The molecule has 0 aromatic heterocycles. The predicted molar refractivity (Wildman–Crippen MR) is 69.6 cm³/mol. The van der Waals surface area contributed by atoms with Gasteiger partial charge in [-0.15, -0.1) is 0 Å². The zero-order valence-electron chi connectivity index (χ0n) is 11.5. The lowest BCUT2D eigenvalue weighted by atomic mass is 9.78. The summed E-state index contributed by atoms with van der Waals surface area (Å²) in [7, 11) is 0. The first kappa shape index (κ1) is 13.8. The molecular formula is C14H25NO3. The van der Waals surface area contributed by atoms with Crippen LogP contribution in [0.15, 0.2) is 0 Å². The number of aliphatic carboxylic acids is 1. The largest absolute Gasteiger partial charge is 0.480 e. The van der Waals surface area contributed by atoms with Crippen molar-refractivity contribution in [1.29, 1.82) is 0 Å². The number of nitrogens with one attached hydrogen (secondary N) is 1. The second-order valence-electron chi connectivity index (χ2n) is 6.36. The molecule has 0 aromatic rings. The SMILES string of the molecule is CC(C)(NC1CCOC2(CCCCC2)C1)C(=O)O. The van der Waals surface area contributed by atoms with E-state index in [0.29, 0.717) is 0 Å². The van der Waals surface area contributed by atoms with Gasteiger partial charge >= 0.3 is 5.97 Å². The van der Waals surface area contributed by atoms with Crippen molar-refractivity contribution in [3.05, 3.63) is 0 Å². The molecule has 1 aliphatic carbocycles. The third-order valence-electron chi connectivity index (χ3n) is 4.36. The van der Waals surface area contributed by atoms with E-state index in [1.807, 2.05) is 0 Å². The molecular weight excluding hydrogens is 230 g/mol. The topological polar surface area (TPSA) is 58.6 Å². The van der Waals surface area contributed by atoms with Gasteiger partial charge in [0.15, 0.2) is 0 Å². The van der Waals surface area contributed by atoms with E-state index in [4.69, 9.17) is 4.74 Å². The molecule has 1 atom stereocenters. The minimum absolute atomic E-state index is 0.0305. The highest BCUT2D eigenvalue weighted by atomic mass is 16.5. The summed E-state index contributed by atoms with van der Waals surface area (Å²) in [4.78, 5) is 11.2. The Morgan fingerprint density at radius 1 is 1.33 bits per heavy atom. The second-order valence-corrected chi connectivity index (χ2v) is 6.36. The molecule has 104 valence electrons. The van der Waals surface area contributed by atoms with Crippen LogP contribution in [0, 0.1) is 0 Å². The molecule has 18 heavy (non-hydrogen) atoms. The van der Waals surface area contributed by atoms with Crippen LogP contribution >= 0.6 is 0 Å². The van der Waals surface area contributed by atoms with E-state index in [-0.39, 0.29) is 11.6 Å². The van der Waals surface area contributed by atoms with Crippen LogP contribution in [0.2, 0.25) is 0 Å². The van der Waals surface area contributed by atoms with Crippen molar-refractivity contribution in [2.75, 3.05) is 6.61 Å². The summed E-state index contributed by atoms with van der Waals surface area (Å²) in [5, 5.41) is 12.5. The Kier molecular flexibility index (Phi) is 3.97. The van der Waals surface area contributed by atoms with Gasteiger partial charge in [-0.3, -0.25) is 10.1 Å². The molecule has 2 N–H and O–H groups in total. The van der Waals surface area contributed by atoms with E-state index < -0.39 is 11.5 Å². The lowest BCUT2D eigenvalue weighted by molar-refractivity contribution is -0.146. The maximum atomic E-state index is 11.2. The first-order valence-corrected chi connectivity index (χ1v) is 7.09. The van der Waals surface area contributed by atoms with Gasteiger partial charge in [0.2, 0.25) is 0 Å². The van der Waals surface area contributed by atoms with E-state index >= 15 is 0 Å². The van der Waals surface area contributed by atoms with Gasteiger partial charge < -0.3 is 9.84 Å². The van der Waals surface area contributed by atoms with Gasteiger partial charge in [0, 0.05) is 12.6 Å². The Labute approximate surface area is 109 Å². The molecule has 1 spiro atoms. The summed E-state index contributed by atoms with van der Waals surface area (Å²) in [6.45, 7) is 4.23. The van der Waals surface area contributed by atoms with Crippen molar-refractivity contribution in [1.82, 2.24) is 5.32 Å². The Morgan fingerprint density at radius 2 is 2.00 bits per heavy atom. The molecule has 1 heterocycles. The van der Waals surface area contributed by atoms with E-state index in [9.17, 15) is 9.90 Å². The van der Waals surface area contributed by atoms with Crippen LogP contribution in [0.25, 0.3) is 0 Å². The van der Waals surface area contributed by atoms with Crippen LogP contribution in [-0.4, -0.2) is 34.9 Å². The fourth-order valence-electron chi connectivity index (χ4n) is 3.27. The van der Waals surface area contributed by atoms with Crippen molar-refractivity contribution >= 4 is 5.97 Å². The monoisotopic (exact) mass is 255 g/mol. The van der Waals surface area contributed by atoms with Crippen molar-refractivity contribution in [3.63, 3.8) is 0 Å². The van der Waals surface area contributed by atoms with E-state index in [0.717, 1.165) is 32.3 Å². The lowest BCUT2D eigenvalue weighted by Gasteiger charge is -2.45. The Hall–Kier alpha value is -0.610. The zero-order chi connectivity index (χ0) is 13.2. The highest BCUT2D eigenvalue weighted by molar-refractivity contribution is 5.77. The number of rotatable bonds is 3. The first-order valence-electron chi connectivity index (χ1n) is 7.09. The molecule has 2 fully saturated rings. The van der Waals surface area contributed by atoms with Gasteiger partial charge in [0.05, 0.1) is 5.60 Å². The van der Waals surface area contributed by atoms with Gasteiger partial charge in [-0.2, -0.15) is 0 Å². The maximum absolute atomic E-state index is 11.2. The molecule has 2 rings (SSSR count). The van der Waals surface area contributed by atoms with Crippen molar-refractivity contribution < 1.29 is 14.6 Å². The van der Waals surface area contributed by atoms with Gasteiger partial charge in [-0.25, -0.2) is 0 Å². The van der Waals surface area contributed by atoms with Crippen molar-refractivity contribution in [3.8, 4) is 0 Å². The number of carbonyl (C=O) groups is 1. The summed E-state index contributed by atoms with van der Waals surface area (Å²) in [6.07, 6.45) is 7.95. The van der Waals surface area contributed by atoms with E-state index in [1.165, 1.54) is 19.3 Å². The van der Waals surface area contributed by atoms with Gasteiger partial charge in [0.25, 0.3) is 0 Å². The standard InChI is InChI=1S/C14H25NO3/c1-13(2,12(16)17)15-11-6-9-18-14(10-11)7-4-3-5-8-14/h11,15H,3-10H2,1-2H3,(H,16,17). The zero-order valence-corrected chi connectivity index (χ0v) is 11.5. The minimum atomic E-state index is -0.849. The summed E-state index contributed by atoms with van der Waals surface area (Å²) in [5.41, 5.74) is -0.819. The van der Waals surface area contributed by atoms with Crippen LogP contribution in [-0.2, 0) is 9.53 Å². The highest BCUT2D eigenvalue weighted by Crippen LogP contribution is 2.38. The molecule has 0 amide bonds.